The lowest BCUT2D eigenvalue weighted by molar-refractivity contribution is -0.192. The first kappa shape index (κ1) is 25.7. The second kappa shape index (κ2) is 10.5. The molecule has 1 atom stereocenters. The van der Waals surface area contributed by atoms with Gasteiger partial charge in [-0.05, 0) is 44.0 Å². The number of halogens is 3. The second-order valence-electron chi connectivity index (χ2n) is 8.19. The van der Waals surface area contributed by atoms with E-state index in [9.17, 15) is 22.8 Å². The third kappa shape index (κ3) is 6.78. The molecule has 2 aromatic rings. The van der Waals surface area contributed by atoms with E-state index < -0.39 is 17.7 Å². The van der Waals surface area contributed by atoms with Crippen molar-refractivity contribution in [3.8, 4) is 0 Å². The Hall–Kier alpha value is -3.96. The average Bonchev–Trinajstić information content (AvgIpc) is 3.22. The van der Waals surface area contributed by atoms with Gasteiger partial charge in [-0.3, -0.25) is 14.6 Å². The SMILES string of the molecule is Cc1cccc(C(=O)N2CCCC3(CC(C(=O)Nc4cccnc4)=NO3)C2)c1.O=C(O)C(F)(F)F. The van der Waals surface area contributed by atoms with Crippen molar-refractivity contribution < 1.29 is 37.5 Å². The normalized spacial score (nSPS) is 19.2. The van der Waals surface area contributed by atoms with Gasteiger partial charge in [-0.25, -0.2) is 4.79 Å². The molecule has 4 rings (SSSR count). The topological polar surface area (TPSA) is 121 Å². The summed E-state index contributed by atoms with van der Waals surface area (Å²) in [5.41, 5.74) is 2.04. The lowest BCUT2D eigenvalue weighted by Crippen LogP contribution is -2.50. The zero-order valence-corrected chi connectivity index (χ0v) is 18.7. The summed E-state index contributed by atoms with van der Waals surface area (Å²) in [4.78, 5) is 45.8. The largest absolute Gasteiger partial charge is 0.490 e. The molecule has 0 saturated carbocycles. The fourth-order valence-corrected chi connectivity index (χ4v) is 3.73. The van der Waals surface area contributed by atoms with E-state index in [-0.39, 0.29) is 11.8 Å². The van der Waals surface area contributed by atoms with Crippen LogP contribution >= 0.6 is 0 Å². The summed E-state index contributed by atoms with van der Waals surface area (Å²) in [6.45, 7) is 3.07. The van der Waals surface area contributed by atoms with Gasteiger partial charge in [0.05, 0.1) is 18.4 Å². The van der Waals surface area contributed by atoms with Crippen LogP contribution in [0.25, 0.3) is 0 Å². The maximum Gasteiger partial charge on any atom is 0.490 e. The number of carbonyl (C=O) groups excluding carboxylic acids is 2. The number of likely N-dealkylation sites (tertiary alicyclic amines) is 1. The molecule has 0 bridgehead atoms. The molecule has 2 N–H and O–H groups in total. The highest BCUT2D eigenvalue weighted by Gasteiger charge is 2.45. The quantitative estimate of drug-likeness (QED) is 0.678. The van der Waals surface area contributed by atoms with Crippen molar-refractivity contribution in [2.24, 2.45) is 5.16 Å². The summed E-state index contributed by atoms with van der Waals surface area (Å²) in [6.07, 6.45) is 0.0919. The number of alkyl halides is 3. The highest BCUT2D eigenvalue weighted by atomic mass is 19.4. The Bertz CT molecular complexity index is 1120. The zero-order valence-electron chi connectivity index (χ0n) is 18.7. The molecular formula is C23H23F3N4O5. The summed E-state index contributed by atoms with van der Waals surface area (Å²) in [6, 6.07) is 11.1. The van der Waals surface area contributed by atoms with E-state index in [1.807, 2.05) is 31.2 Å². The minimum Gasteiger partial charge on any atom is -0.475 e. The van der Waals surface area contributed by atoms with Crippen LogP contribution in [0.5, 0.6) is 0 Å². The minimum atomic E-state index is -5.08. The number of anilines is 1. The monoisotopic (exact) mass is 492 g/mol. The molecule has 186 valence electrons. The van der Waals surface area contributed by atoms with Crippen LogP contribution in [0.1, 0.15) is 35.2 Å². The molecule has 12 heteroatoms. The van der Waals surface area contributed by atoms with Crippen LogP contribution in [0.4, 0.5) is 18.9 Å². The van der Waals surface area contributed by atoms with Gasteiger partial charge in [0.2, 0.25) is 0 Å². The molecule has 35 heavy (non-hydrogen) atoms. The van der Waals surface area contributed by atoms with Crippen molar-refractivity contribution in [1.82, 2.24) is 9.88 Å². The number of oxime groups is 1. The molecule has 1 aromatic heterocycles. The van der Waals surface area contributed by atoms with E-state index in [1.165, 1.54) is 0 Å². The van der Waals surface area contributed by atoms with Gasteiger partial charge in [-0.15, -0.1) is 0 Å². The van der Waals surface area contributed by atoms with Gasteiger partial charge in [-0.1, -0.05) is 22.9 Å². The number of aryl methyl sites for hydroxylation is 1. The Morgan fingerprint density at radius 1 is 1.20 bits per heavy atom. The number of aromatic nitrogens is 1. The molecule has 1 saturated heterocycles. The van der Waals surface area contributed by atoms with Crippen LogP contribution in [0.2, 0.25) is 0 Å². The predicted molar refractivity (Wildman–Crippen MR) is 119 cm³/mol. The number of aliphatic carboxylic acids is 1. The summed E-state index contributed by atoms with van der Waals surface area (Å²) < 4.78 is 31.7. The summed E-state index contributed by atoms with van der Waals surface area (Å²) in [7, 11) is 0. The molecule has 1 unspecified atom stereocenters. The smallest absolute Gasteiger partial charge is 0.475 e. The molecule has 2 aliphatic heterocycles. The van der Waals surface area contributed by atoms with Crippen LogP contribution in [-0.4, -0.2) is 63.4 Å². The fourth-order valence-electron chi connectivity index (χ4n) is 3.73. The van der Waals surface area contributed by atoms with E-state index in [2.05, 4.69) is 15.5 Å². The number of carboxylic acids is 1. The number of amides is 2. The van der Waals surface area contributed by atoms with Gasteiger partial charge in [0.25, 0.3) is 11.8 Å². The molecule has 3 heterocycles. The Kier molecular flexibility index (Phi) is 7.72. The first-order chi connectivity index (χ1) is 16.5. The molecule has 1 spiro atoms. The number of hydrogen-bond donors (Lipinski definition) is 2. The first-order valence-corrected chi connectivity index (χ1v) is 10.6. The van der Waals surface area contributed by atoms with Crippen LogP contribution in [-0.2, 0) is 14.4 Å². The number of piperidine rings is 1. The lowest BCUT2D eigenvalue weighted by Gasteiger charge is -2.38. The maximum absolute atomic E-state index is 12.9. The molecule has 1 fully saturated rings. The van der Waals surface area contributed by atoms with Crippen LogP contribution < -0.4 is 5.32 Å². The summed E-state index contributed by atoms with van der Waals surface area (Å²) in [5.74, 6) is -3.07. The number of pyridine rings is 1. The minimum absolute atomic E-state index is 0.0142. The van der Waals surface area contributed by atoms with Crippen LogP contribution in [0.15, 0.2) is 53.9 Å². The van der Waals surface area contributed by atoms with Crippen LogP contribution in [0.3, 0.4) is 0 Å². The Balaban J connectivity index is 0.000000429. The predicted octanol–water partition coefficient (Wildman–Crippen LogP) is 3.41. The number of hydrogen-bond acceptors (Lipinski definition) is 6. The number of carbonyl (C=O) groups is 3. The number of rotatable bonds is 3. The molecular weight excluding hydrogens is 469 g/mol. The van der Waals surface area contributed by atoms with Gasteiger partial charge < -0.3 is 20.2 Å². The number of benzene rings is 1. The molecule has 1 aromatic carbocycles. The highest BCUT2D eigenvalue weighted by Crippen LogP contribution is 2.34. The van der Waals surface area contributed by atoms with Crippen LogP contribution in [0, 0.1) is 6.92 Å². The Morgan fingerprint density at radius 2 is 1.94 bits per heavy atom. The van der Waals surface area contributed by atoms with Crippen molar-refractivity contribution in [2.75, 3.05) is 18.4 Å². The molecule has 9 nitrogen and oxygen atoms in total. The number of nitrogens with zero attached hydrogens (tertiary/aromatic N) is 3. The summed E-state index contributed by atoms with van der Waals surface area (Å²) in [5, 5.41) is 13.9. The van der Waals surface area contributed by atoms with E-state index >= 15 is 0 Å². The molecule has 0 radical (unpaired) electrons. The third-order valence-corrected chi connectivity index (χ3v) is 5.35. The Labute approximate surface area is 198 Å². The van der Waals surface area contributed by atoms with Crippen molar-refractivity contribution >= 4 is 29.2 Å². The molecule has 0 aliphatic carbocycles. The maximum atomic E-state index is 12.9. The van der Waals surface area contributed by atoms with Crippen molar-refractivity contribution in [3.63, 3.8) is 0 Å². The van der Waals surface area contributed by atoms with Crippen molar-refractivity contribution in [2.45, 2.75) is 38.0 Å². The standard InChI is InChI=1S/C21H22N4O3.C2HF3O2/c1-15-5-2-6-16(11-15)20(27)25-10-4-8-21(14-25)12-18(24-28-21)19(26)23-17-7-3-9-22-13-17;3-2(4,5)1(6)7/h2-3,5-7,9,11,13H,4,8,10,12,14H2,1H3,(H,23,26);(H,6,7). The Morgan fingerprint density at radius 3 is 2.57 bits per heavy atom. The van der Waals surface area contributed by atoms with E-state index in [1.54, 1.807) is 29.4 Å². The van der Waals surface area contributed by atoms with E-state index in [0.717, 1.165) is 18.4 Å². The fraction of sp³-hybridized carbons (Fsp3) is 0.348. The average molecular weight is 492 g/mol. The highest BCUT2D eigenvalue weighted by molar-refractivity contribution is 6.43. The van der Waals surface area contributed by atoms with Gasteiger partial charge in [-0.2, -0.15) is 13.2 Å². The zero-order chi connectivity index (χ0) is 25.6. The van der Waals surface area contributed by atoms with E-state index in [4.69, 9.17) is 14.7 Å². The molecule has 2 amide bonds. The van der Waals surface area contributed by atoms with E-state index in [0.29, 0.717) is 36.5 Å². The summed E-state index contributed by atoms with van der Waals surface area (Å²) >= 11 is 0. The van der Waals surface area contributed by atoms with Crippen molar-refractivity contribution in [3.05, 3.63) is 59.9 Å². The van der Waals surface area contributed by atoms with Gasteiger partial charge in [0.1, 0.15) is 5.71 Å². The first-order valence-electron chi connectivity index (χ1n) is 10.6. The van der Waals surface area contributed by atoms with Gasteiger partial charge >= 0.3 is 12.1 Å². The second-order valence-corrected chi connectivity index (χ2v) is 8.19. The number of carboxylic acid groups (broad SMARTS) is 1. The van der Waals surface area contributed by atoms with Gasteiger partial charge in [0.15, 0.2) is 5.60 Å². The van der Waals surface area contributed by atoms with Gasteiger partial charge in [0, 0.05) is 24.7 Å². The lowest BCUT2D eigenvalue weighted by atomic mass is 9.87. The third-order valence-electron chi connectivity index (χ3n) is 5.35. The number of nitrogens with one attached hydrogen (secondary N) is 1. The molecule has 2 aliphatic rings. The van der Waals surface area contributed by atoms with Crippen molar-refractivity contribution in [1.29, 1.82) is 0 Å².